The van der Waals surface area contributed by atoms with Crippen molar-refractivity contribution in [3.8, 4) is 0 Å². The van der Waals surface area contributed by atoms with Crippen molar-refractivity contribution >= 4 is 11.7 Å². The second kappa shape index (κ2) is 6.79. The standard InChI is InChI=1S/C14H18FNO2/c1-4-5-6-10(2)16-13-8-7-11(15)9-12(13)14(17)18-3/h4,7-10,16H,1,5-6H2,2-3H3. The number of benzene rings is 1. The molecule has 0 saturated heterocycles. The number of allylic oxidation sites excluding steroid dienone is 1. The monoisotopic (exact) mass is 251 g/mol. The number of halogens is 1. The Hall–Kier alpha value is -1.84. The van der Waals surface area contributed by atoms with E-state index in [1.807, 2.05) is 13.0 Å². The lowest BCUT2D eigenvalue weighted by molar-refractivity contribution is 0.0601. The summed E-state index contributed by atoms with van der Waals surface area (Å²) in [6, 6.07) is 4.20. The quantitative estimate of drug-likeness (QED) is 0.622. The number of nitrogens with one attached hydrogen (secondary N) is 1. The maximum atomic E-state index is 13.1. The number of rotatable bonds is 6. The highest BCUT2D eigenvalue weighted by atomic mass is 19.1. The molecule has 1 unspecified atom stereocenters. The molecule has 18 heavy (non-hydrogen) atoms. The molecule has 0 saturated carbocycles. The first-order chi connectivity index (χ1) is 8.58. The van der Waals surface area contributed by atoms with Crippen LogP contribution >= 0.6 is 0 Å². The summed E-state index contributed by atoms with van der Waals surface area (Å²) in [7, 11) is 1.28. The molecule has 0 bridgehead atoms. The van der Waals surface area contributed by atoms with Gasteiger partial charge in [0, 0.05) is 11.7 Å². The zero-order valence-electron chi connectivity index (χ0n) is 10.7. The van der Waals surface area contributed by atoms with Gasteiger partial charge in [0.25, 0.3) is 0 Å². The molecule has 1 rings (SSSR count). The Balaban J connectivity index is 2.87. The molecule has 0 spiro atoms. The molecule has 1 aromatic rings. The third-order valence-corrected chi connectivity index (χ3v) is 2.59. The van der Waals surface area contributed by atoms with Crippen LogP contribution in [0.5, 0.6) is 0 Å². The molecule has 0 aliphatic rings. The first kappa shape index (κ1) is 14.2. The van der Waals surface area contributed by atoms with Gasteiger partial charge in [-0.15, -0.1) is 6.58 Å². The van der Waals surface area contributed by atoms with Crippen LogP contribution in [0.2, 0.25) is 0 Å². The topological polar surface area (TPSA) is 38.3 Å². The van der Waals surface area contributed by atoms with E-state index >= 15 is 0 Å². The highest BCUT2D eigenvalue weighted by molar-refractivity contribution is 5.95. The van der Waals surface area contributed by atoms with E-state index in [9.17, 15) is 9.18 Å². The van der Waals surface area contributed by atoms with E-state index in [-0.39, 0.29) is 11.6 Å². The van der Waals surface area contributed by atoms with Gasteiger partial charge in [0.15, 0.2) is 0 Å². The second-order valence-electron chi connectivity index (χ2n) is 4.09. The van der Waals surface area contributed by atoms with Gasteiger partial charge in [-0.3, -0.25) is 0 Å². The Kier molecular flexibility index (Phi) is 5.36. The maximum absolute atomic E-state index is 13.1. The minimum atomic E-state index is -0.548. The molecule has 0 radical (unpaired) electrons. The first-order valence-electron chi connectivity index (χ1n) is 5.83. The van der Waals surface area contributed by atoms with E-state index < -0.39 is 11.8 Å². The number of hydrogen-bond donors (Lipinski definition) is 1. The van der Waals surface area contributed by atoms with Crippen LogP contribution in [-0.2, 0) is 4.74 Å². The highest BCUT2D eigenvalue weighted by Crippen LogP contribution is 2.20. The van der Waals surface area contributed by atoms with Crippen LogP contribution in [0.25, 0.3) is 0 Å². The molecule has 1 atom stereocenters. The van der Waals surface area contributed by atoms with Crippen molar-refractivity contribution in [1.82, 2.24) is 0 Å². The summed E-state index contributed by atoms with van der Waals surface area (Å²) in [5.74, 6) is -1.01. The van der Waals surface area contributed by atoms with E-state index in [4.69, 9.17) is 0 Å². The van der Waals surface area contributed by atoms with E-state index in [1.54, 1.807) is 6.07 Å². The highest BCUT2D eigenvalue weighted by Gasteiger charge is 2.14. The fraction of sp³-hybridized carbons (Fsp3) is 0.357. The van der Waals surface area contributed by atoms with Crippen molar-refractivity contribution in [2.45, 2.75) is 25.8 Å². The number of anilines is 1. The number of methoxy groups -OCH3 is 1. The van der Waals surface area contributed by atoms with Crippen LogP contribution < -0.4 is 5.32 Å². The Morgan fingerprint density at radius 1 is 1.61 bits per heavy atom. The Bertz CT molecular complexity index is 432. The average Bonchev–Trinajstić information content (AvgIpc) is 2.37. The van der Waals surface area contributed by atoms with E-state index in [2.05, 4.69) is 16.6 Å². The van der Waals surface area contributed by atoms with Crippen LogP contribution in [0, 0.1) is 5.82 Å². The summed E-state index contributed by atoms with van der Waals surface area (Å²) >= 11 is 0. The van der Waals surface area contributed by atoms with Gasteiger partial charge in [-0.1, -0.05) is 6.08 Å². The van der Waals surface area contributed by atoms with E-state index in [0.29, 0.717) is 5.69 Å². The van der Waals surface area contributed by atoms with Crippen LogP contribution in [-0.4, -0.2) is 19.1 Å². The van der Waals surface area contributed by atoms with Crippen molar-refractivity contribution in [3.05, 3.63) is 42.2 Å². The number of hydrogen-bond acceptors (Lipinski definition) is 3. The SMILES string of the molecule is C=CCCC(C)Nc1ccc(F)cc1C(=O)OC. The van der Waals surface area contributed by atoms with E-state index in [1.165, 1.54) is 19.2 Å². The molecular weight excluding hydrogens is 233 g/mol. The fourth-order valence-corrected chi connectivity index (χ4v) is 1.63. The van der Waals surface area contributed by atoms with Gasteiger partial charge in [-0.05, 0) is 38.0 Å². The number of carbonyl (C=O) groups excluding carboxylic acids is 1. The molecule has 4 heteroatoms. The van der Waals surface area contributed by atoms with Crippen LogP contribution in [0.4, 0.5) is 10.1 Å². The predicted molar refractivity (Wildman–Crippen MR) is 70.3 cm³/mol. The summed E-state index contributed by atoms with van der Waals surface area (Å²) in [6.07, 6.45) is 3.61. The van der Waals surface area contributed by atoms with Crippen molar-refractivity contribution in [2.24, 2.45) is 0 Å². The minimum absolute atomic E-state index is 0.164. The third kappa shape index (κ3) is 3.87. The normalized spacial score (nSPS) is 11.7. The smallest absolute Gasteiger partial charge is 0.340 e. The molecule has 0 amide bonds. The molecule has 0 fully saturated rings. The van der Waals surface area contributed by atoms with Crippen molar-refractivity contribution in [1.29, 1.82) is 0 Å². The molecule has 1 N–H and O–H groups in total. The molecule has 0 aliphatic heterocycles. The molecule has 98 valence electrons. The number of carbonyl (C=O) groups is 1. The lowest BCUT2D eigenvalue weighted by Crippen LogP contribution is -2.17. The zero-order chi connectivity index (χ0) is 13.5. The summed E-state index contributed by atoms with van der Waals surface area (Å²) in [5.41, 5.74) is 0.794. The minimum Gasteiger partial charge on any atom is -0.465 e. The summed E-state index contributed by atoms with van der Waals surface area (Å²) < 4.78 is 17.8. The van der Waals surface area contributed by atoms with Crippen molar-refractivity contribution in [2.75, 3.05) is 12.4 Å². The largest absolute Gasteiger partial charge is 0.465 e. The Labute approximate surface area is 107 Å². The van der Waals surface area contributed by atoms with Gasteiger partial charge < -0.3 is 10.1 Å². The van der Waals surface area contributed by atoms with Gasteiger partial charge in [0.05, 0.1) is 12.7 Å². The van der Waals surface area contributed by atoms with Crippen molar-refractivity contribution in [3.63, 3.8) is 0 Å². The fourth-order valence-electron chi connectivity index (χ4n) is 1.63. The Morgan fingerprint density at radius 2 is 2.33 bits per heavy atom. The molecule has 1 aromatic carbocycles. The summed E-state index contributed by atoms with van der Waals surface area (Å²) in [6.45, 7) is 5.65. The van der Waals surface area contributed by atoms with Gasteiger partial charge in [0.1, 0.15) is 5.82 Å². The molecule has 3 nitrogen and oxygen atoms in total. The lowest BCUT2D eigenvalue weighted by Gasteiger charge is -2.16. The number of ether oxygens (including phenoxy) is 1. The van der Waals surface area contributed by atoms with Gasteiger partial charge >= 0.3 is 5.97 Å². The summed E-state index contributed by atoms with van der Waals surface area (Å²) in [5, 5.41) is 3.17. The van der Waals surface area contributed by atoms with Crippen LogP contribution in [0.15, 0.2) is 30.9 Å². The lowest BCUT2D eigenvalue weighted by atomic mass is 10.1. The Morgan fingerprint density at radius 3 is 2.94 bits per heavy atom. The molecule has 0 aromatic heterocycles. The summed E-state index contributed by atoms with van der Waals surface area (Å²) in [4.78, 5) is 11.5. The molecular formula is C14H18FNO2. The number of esters is 1. The zero-order valence-corrected chi connectivity index (χ0v) is 10.7. The first-order valence-corrected chi connectivity index (χ1v) is 5.83. The molecule has 0 heterocycles. The predicted octanol–water partition coefficient (Wildman–Crippen LogP) is 3.38. The molecule has 0 aliphatic carbocycles. The van der Waals surface area contributed by atoms with Gasteiger partial charge in [-0.25, -0.2) is 9.18 Å². The van der Waals surface area contributed by atoms with Gasteiger partial charge in [-0.2, -0.15) is 0 Å². The maximum Gasteiger partial charge on any atom is 0.340 e. The van der Waals surface area contributed by atoms with Gasteiger partial charge in [0.2, 0.25) is 0 Å². The van der Waals surface area contributed by atoms with Crippen molar-refractivity contribution < 1.29 is 13.9 Å². The average molecular weight is 251 g/mol. The van der Waals surface area contributed by atoms with Crippen LogP contribution in [0.1, 0.15) is 30.1 Å². The van der Waals surface area contributed by atoms with E-state index in [0.717, 1.165) is 12.8 Å². The van der Waals surface area contributed by atoms with Crippen LogP contribution in [0.3, 0.4) is 0 Å². The second-order valence-corrected chi connectivity index (χ2v) is 4.09. The third-order valence-electron chi connectivity index (χ3n) is 2.59.